The molecule has 0 bridgehead atoms. The van der Waals surface area contributed by atoms with Gasteiger partial charge >= 0.3 is 0 Å². The van der Waals surface area contributed by atoms with Crippen molar-refractivity contribution in [1.82, 2.24) is 19.4 Å². The Balaban J connectivity index is 1.38. The lowest BCUT2D eigenvalue weighted by Crippen LogP contribution is -2.39. The van der Waals surface area contributed by atoms with Crippen molar-refractivity contribution in [2.45, 2.75) is 25.4 Å². The molecule has 6 nitrogen and oxygen atoms in total. The number of aromatic nitrogens is 3. The quantitative estimate of drug-likeness (QED) is 0.678. The van der Waals surface area contributed by atoms with Gasteiger partial charge in [-0.2, -0.15) is 0 Å². The molecular weight excluding hydrogens is 360 g/mol. The molecule has 1 atom stereocenters. The first-order chi connectivity index (χ1) is 13.2. The highest BCUT2D eigenvalue weighted by Crippen LogP contribution is 2.29. The van der Waals surface area contributed by atoms with Crippen molar-refractivity contribution in [3.05, 3.63) is 64.6 Å². The van der Waals surface area contributed by atoms with E-state index in [1.807, 2.05) is 58.6 Å². The van der Waals surface area contributed by atoms with Gasteiger partial charge in [0.1, 0.15) is 18.2 Å². The van der Waals surface area contributed by atoms with Gasteiger partial charge in [0.15, 0.2) is 0 Å². The van der Waals surface area contributed by atoms with Crippen LogP contribution in [0.3, 0.4) is 0 Å². The molecule has 3 aromatic rings. The van der Waals surface area contributed by atoms with Crippen LogP contribution in [-0.2, 0) is 13.7 Å². The van der Waals surface area contributed by atoms with Crippen molar-refractivity contribution in [2.24, 2.45) is 7.05 Å². The van der Waals surface area contributed by atoms with Crippen LogP contribution < -0.4 is 4.74 Å². The highest BCUT2D eigenvalue weighted by molar-refractivity contribution is 7.09. The Bertz CT molecular complexity index is 889. The number of aryl methyl sites for hydroxylation is 1. The molecule has 140 valence electrons. The van der Waals surface area contributed by atoms with Gasteiger partial charge in [0.25, 0.3) is 5.91 Å². The van der Waals surface area contributed by atoms with Gasteiger partial charge in [-0.3, -0.25) is 4.79 Å². The maximum absolute atomic E-state index is 12.9. The molecule has 7 heteroatoms. The summed E-state index contributed by atoms with van der Waals surface area (Å²) in [4.78, 5) is 23.5. The molecule has 0 spiro atoms. The number of benzene rings is 1. The van der Waals surface area contributed by atoms with E-state index < -0.39 is 0 Å². The predicted octanol–water partition coefficient (Wildman–Crippen LogP) is 3.48. The van der Waals surface area contributed by atoms with E-state index in [2.05, 4.69) is 9.97 Å². The number of piperidine rings is 1. The highest BCUT2D eigenvalue weighted by Gasteiger charge is 2.26. The summed E-state index contributed by atoms with van der Waals surface area (Å²) in [5.41, 5.74) is 0.694. The Hall–Kier alpha value is -2.67. The zero-order valence-electron chi connectivity index (χ0n) is 15.2. The van der Waals surface area contributed by atoms with Crippen LogP contribution in [-0.4, -0.2) is 38.4 Å². The summed E-state index contributed by atoms with van der Waals surface area (Å²) < 4.78 is 7.69. The number of carbonyl (C=O) groups excluding carboxylic acids is 1. The van der Waals surface area contributed by atoms with Crippen molar-refractivity contribution in [1.29, 1.82) is 0 Å². The lowest BCUT2D eigenvalue weighted by molar-refractivity contribution is 0.0707. The molecule has 1 unspecified atom stereocenters. The van der Waals surface area contributed by atoms with Gasteiger partial charge in [-0.25, -0.2) is 9.97 Å². The lowest BCUT2D eigenvalue weighted by Gasteiger charge is -2.32. The third-order valence-corrected chi connectivity index (χ3v) is 5.84. The molecule has 0 aliphatic carbocycles. The van der Waals surface area contributed by atoms with Crippen LogP contribution >= 0.6 is 11.3 Å². The van der Waals surface area contributed by atoms with Gasteiger partial charge in [-0.15, -0.1) is 11.3 Å². The van der Waals surface area contributed by atoms with E-state index in [1.54, 1.807) is 17.5 Å². The summed E-state index contributed by atoms with van der Waals surface area (Å²) in [6.45, 7) is 1.94. The average Bonchev–Trinajstić information content (AvgIpc) is 3.38. The van der Waals surface area contributed by atoms with Crippen molar-refractivity contribution in [3.63, 3.8) is 0 Å². The fourth-order valence-electron chi connectivity index (χ4n) is 3.36. The second-order valence-corrected chi connectivity index (χ2v) is 7.65. The Labute approximate surface area is 162 Å². The number of carbonyl (C=O) groups is 1. The minimum absolute atomic E-state index is 0.0758. The first kappa shape index (κ1) is 17.7. The van der Waals surface area contributed by atoms with E-state index in [0.717, 1.165) is 42.5 Å². The maximum atomic E-state index is 12.9. The summed E-state index contributed by atoms with van der Waals surface area (Å²) in [6, 6.07) is 7.36. The average molecular weight is 382 g/mol. The van der Waals surface area contributed by atoms with Crippen LogP contribution in [0.25, 0.3) is 0 Å². The number of nitrogens with zero attached hydrogens (tertiary/aromatic N) is 4. The van der Waals surface area contributed by atoms with Crippen LogP contribution in [0.4, 0.5) is 0 Å². The van der Waals surface area contributed by atoms with Crippen LogP contribution in [0.15, 0.2) is 48.2 Å². The number of imidazole rings is 1. The van der Waals surface area contributed by atoms with Gasteiger partial charge in [0, 0.05) is 55.6 Å². The summed E-state index contributed by atoms with van der Waals surface area (Å²) in [7, 11) is 1.94. The zero-order valence-corrected chi connectivity index (χ0v) is 16.1. The summed E-state index contributed by atoms with van der Waals surface area (Å²) in [6.07, 6.45) is 7.58. The molecule has 2 aromatic heterocycles. The first-order valence-electron chi connectivity index (χ1n) is 9.08. The molecule has 1 amide bonds. The van der Waals surface area contributed by atoms with Crippen LogP contribution in [0.5, 0.6) is 5.75 Å². The highest BCUT2D eigenvalue weighted by atomic mass is 32.1. The largest absolute Gasteiger partial charge is 0.486 e. The molecule has 3 heterocycles. The third-order valence-electron chi connectivity index (χ3n) is 4.90. The van der Waals surface area contributed by atoms with E-state index in [1.165, 1.54) is 0 Å². The van der Waals surface area contributed by atoms with E-state index in [-0.39, 0.29) is 5.91 Å². The molecule has 0 saturated carbocycles. The number of rotatable bonds is 5. The Morgan fingerprint density at radius 1 is 1.26 bits per heavy atom. The van der Waals surface area contributed by atoms with E-state index in [4.69, 9.17) is 4.74 Å². The predicted molar refractivity (Wildman–Crippen MR) is 104 cm³/mol. The van der Waals surface area contributed by atoms with Gasteiger partial charge in [-0.05, 0) is 37.1 Å². The van der Waals surface area contributed by atoms with Gasteiger partial charge < -0.3 is 14.2 Å². The van der Waals surface area contributed by atoms with E-state index in [9.17, 15) is 4.79 Å². The molecule has 1 aromatic carbocycles. The number of likely N-dealkylation sites (tertiary alicyclic amines) is 1. The summed E-state index contributed by atoms with van der Waals surface area (Å²) in [5.74, 6) is 2.01. The van der Waals surface area contributed by atoms with Gasteiger partial charge in [-0.1, -0.05) is 0 Å². The topological polar surface area (TPSA) is 60.3 Å². The van der Waals surface area contributed by atoms with Gasteiger partial charge in [0.2, 0.25) is 0 Å². The van der Waals surface area contributed by atoms with Crippen molar-refractivity contribution in [2.75, 3.05) is 13.1 Å². The Morgan fingerprint density at radius 2 is 2.11 bits per heavy atom. The number of ether oxygens (including phenoxy) is 1. The molecule has 27 heavy (non-hydrogen) atoms. The zero-order chi connectivity index (χ0) is 18.6. The van der Waals surface area contributed by atoms with E-state index >= 15 is 0 Å². The lowest BCUT2D eigenvalue weighted by atomic mass is 9.98. The standard InChI is InChI=1S/C20H22N4O2S/c1-23-11-8-21-18(23)14-26-17-6-4-15(5-7-17)20(25)24-10-2-3-16(13-24)19-22-9-12-27-19/h4-9,11-12,16H,2-3,10,13-14H2,1H3. The monoisotopic (exact) mass is 382 g/mol. The van der Waals surface area contributed by atoms with Crippen molar-refractivity contribution >= 4 is 17.2 Å². The van der Waals surface area contributed by atoms with Crippen molar-refractivity contribution < 1.29 is 9.53 Å². The molecule has 1 fully saturated rings. The minimum atomic E-state index is 0.0758. The molecule has 1 aliphatic heterocycles. The first-order valence-corrected chi connectivity index (χ1v) is 9.96. The van der Waals surface area contributed by atoms with Crippen LogP contribution in [0.2, 0.25) is 0 Å². The number of hydrogen-bond acceptors (Lipinski definition) is 5. The normalized spacial score (nSPS) is 17.1. The second-order valence-electron chi connectivity index (χ2n) is 6.73. The third kappa shape index (κ3) is 4.03. The number of hydrogen-bond donors (Lipinski definition) is 0. The molecular formula is C20H22N4O2S. The molecule has 0 N–H and O–H groups in total. The number of amides is 1. The Morgan fingerprint density at radius 3 is 2.81 bits per heavy atom. The maximum Gasteiger partial charge on any atom is 0.253 e. The second kappa shape index (κ2) is 7.92. The number of thiazole rings is 1. The van der Waals surface area contributed by atoms with Crippen LogP contribution in [0.1, 0.15) is 39.9 Å². The fraction of sp³-hybridized carbons (Fsp3) is 0.350. The SMILES string of the molecule is Cn1ccnc1COc1ccc(C(=O)N2CCCC(c3nccs3)C2)cc1. The molecule has 4 rings (SSSR count). The minimum Gasteiger partial charge on any atom is -0.486 e. The fourth-order valence-corrected chi connectivity index (χ4v) is 4.13. The Kier molecular flexibility index (Phi) is 5.20. The molecule has 1 saturated heterocycles. The molecule has 0 radical (unpaired) electrons. The van der Waals surface area contributed by atoms with E-state index in [0.29, 0.717) is 18.1 Å². The summed E-state index contributed by atoms with van der Waals surface area (Å²) in [5, 5.41) is 3.13. The smallest absolute Gasteiger partial charge is 0.253 e. The summed E-state index contributed by atoms with van der Waals surface area (Å²) >= 11 is 1.67. The molecule has 1 aliphatic rings. The van der Waals surface area contributed by atoms with Gasteiger partial charge in [0.05, 0.1) is 5.01 Å². The van der Waals surface area contributed by atoms with Crippen molar-refractivity contribution in [3.8, 4) is 5.75 Å². The van der Waals surface area contributed by atoms with Crippen LogP contribution in [0, 0.1) is 0 Å².